The van der Waals surface area contributed by atoms with Crippen LogP contribution < -0.4 is 4.90 Å². The highest BCUT2D eigenvalue weighted by Gasteiger charge is 2.30. The highest BCUT2D eigenvalue weighted by atomic mass is 15.2. The second-order valence-corrected chi connectivity index (χ2v) is 4.41. The zero-order valence-electron chi connectivity index (χ0n) is 9.85. The van der Waals surface area contributed by atoms with Gasteiger partial charge in [-0.1, -0.05) is 6.92 Å². The SMILES string of the molecule is CCC1CCC(C)N1c1cc(C#N)ccn1. The van der Waals surface area contributed by atoms with Crippen molar-refractivity contribution >= 4 is 5.82 Å². The van der Waals surface area contributed by atoms with Gasteiger partial charge in [-0.2, -0.15) is 5.26 Å². The number of pyridine rings is 1. The summed E-state index contributed by atoms with van der Waals surface area (Å²) in [6, 6.07) is 6.93. The molecule has 0 N–H and O–H groups in total. The first-order valence-electron chi connectivity index (χ1n) is 5.90. The van der Waals surface area contributed by atoms with Gasteiger partial charge in [0, 0.05) is 18.3 Å². The average Bonchev–Trinajstić information content (AvgIpc) is 2.70. The maximum atomic E-state index is 8.90. The fraction of sp³-hybridized carbons (Fsp3) is 0.538. The minimum atomic E-state index is 0.534. The molecular formula is C13H17N3. The van der Waals surface area contributed by atoms with Crippen LogP contribution in [0.2, 0.25) is 0 Å². The molecule has 16 heavy (non-hydrogen) atoms. The molecule has 2 unspecified atom stereocenters. The standard InChI is InChI=1S/C13H17N3/c1-3-12-5-4-10(2)16(12)13-8-11(9-14)6-7-15-13/h6-8,10,12H,3-5H2,1-2H3. The first-order chi connectivity index (χ1) is 7.76. The molecule has 2 rings (SSSR count). The van der Waals surface area contributed by atoms with Crippen LogP contribution >= 0.6 is 0 Å². The van der Waals surface area contributed by atoms with Crippen LogP contribution in [0, 0.1) is 11.3 Å². The van der Waals surface area contributed by atoms with Crippen molar-refractivity contribution in [3.63, 3.8) is 0 Å². The maximum Gasteiger partial charge on any atom is 0.130 e. The van der Waals surface area contributed by atoms with Gasteiger partial charge in [-0.25, -0.2) is 4.98 Å². The van der Waals surface area contributed by atoms with E-state index in [0.717, 1.165) is 12.2 Å². The molecular weight excluding hydrogens is 198 g/mol. The number of anilines is 1. The van der Waals surface area contributed by atoms with E-state index in [9.17, 15) is 0 Å². The van der Waals surface area contributed by atoms with Gasteiger partial charge in [0.2, 0.25) is 0 Å². The smallest absolute Gasteiger partial charge is 0.130 e. The van der Waals surface area contributed by atoms with Crippen molar-refractivity contribution in [1.82, 2.24) is 4.98 Å². The molecule has 0 saturated carbocycles. The zero-order valence-corrected chi connectivity index (χ0v) is 9.85. The molecule has 0 amide bonds. The van der Waals surface area contributed by atoms with E-state index < -0.39 is 0 Å². The number of nitriles is 1. The predicted octanol–water partition coefficient (Wildman–Crippen LogP) is 2.72. The maximum absolute atomic E-state index is 8.90. The Hall–Kier alpha value is -1.56. The van der Waals surface area contributed by atoms with Crippen LogP contribution in [0.15, 0.2) is 18.3 Å². The van der Waals surface area contributed by atoms with Crippen LogP contribution in [0.5, 0.6) is 0 Å². The zero-order chi connectivity index (χ0) is 11.5. The van der Waals surface area contributed by atoms with Gasteiger partial charge in [0.1, 0.15) is 5.82 Å². The Morgan fingerprint density at radius 2 is 2.38 bits per heavy atom. The summed E-state index contributed by atoms with van der Waals surface area (Å²) < 4.78 is 0. The van der Waals surface area contributed by atoms with Crippen LogP contribution in [0.1, 0.15) is 38.7 Å². The normalized spacial score (nSPS) is 24.4. The summed E-state index contributed by atoms with van der Waals surface area (Å²) in [4.78, 5) is 6.75. The van der Waals surface area contributed by atoms with E-state index in [2.05, 4.69) is 29.8 Å². The second kappa shape index (κ2) is 4.52. The van der Waals surface area contributed by atoms with E-state index in [1.807, 2.05) is 6.07 Å². The van der Waals surface area contributed by atoms with E-state index in [4.69, 9.17) is 5.26 Å². The van der Waals surface area contributed by atoms with Crippen LogP contribution in [0.3, 0.4) is 0 Å². The molecule has 3 heteroatoms. The predicted molar refractivity (Wildman–Crippen MR) is 64.2 cm³/mol. The molecule has 1 fully saturated rings. The Kier molecular flexibility index (Phi) is 3.09. The molecule has 3 nitrogen and oxygen atoms in total. The quantitative estimate of drug-likeness (QED) is 0.761. The van der Waals surface area contributed by atoms with Gasteiger partial charge in [-0.3, -0.25) is 0 Å². The minimum absolute atomic E-state index is 0.534. The summed E-state index contributed by atoms with van der Waals surface area (Å²) in [5, 5.41) is 8.90. The summed E-state index contributed by atoms with van der Waals surface area (Å²) in [7, 11) is 0. The molecule has 0 aromatic carbocycles. The van der Waals surface area contributed by atoms with Gasteiger partial charge in [0.15, 0.2) is 0 Å². The van der Waals surface area contributed by atoms with E-state index in [0.29, 0.717) is 17.6 Å². The van der Waals surface area contributed by atoms with Crippen molar-refractivity contribution in [3.8, 4) is 6.07 Å². The van der Waals surface area contributed by atoms with Gasteiger partial charge >= 0.3 is 0 Å². The lowest BCUT2D eigenvalue weighted by molar-refractivity contribution is 0.621. The summed E-state index contributed by atoms with van der Waals surface area (Å²) in [5.41, 5.74) is 0.693. The fourth-order valence-corrected chi connectivity index (χ4v) is 2.51. The first kappa shape index (κ1) is 10.9. The lowest BCUT2D eigenvalue weighted by Crippen LogP contribution is -2.34. The molecule has 1 aliphatic rings. The summed E-state index contributed by atoms with van der Waals surface area (Å²) >= 11 is 0. The van der Waals surface area contributed by atoms with Crippen LogP contribution in [-0.2, 0) is 0 Å². The molecule has 2 atom stereocenters. The molecule has 1 aromatic heterocycles. The molecule has 0 radical (unpaired) electrons. The Morgan fingerprint density at radius 3 is 3.06 bits per heavy atom. The summed E-state index contributed by atoms with van der Waals surface area (Å²) in [6.45, 7) is 4.44. The summed E-state index contributed by atoms with van der Waals surface area (Å²) in [6.07, 6.45) is 5.32. The van der Waals surface area contributed by atoms with Gasteiger partial charge in [-0.05, 0) is 38.3 Å². The monoisotopic (exact) mass is 215 g/mol. The number of rotatable bonds is 2. The molecule has 0 bridgehead atoms. The largest absolute Gasteiger partial charge is 0.351 e. The number of aromatic nitrogens is 1. The lowest BCUT2D eigenvalue weighted by Gasteiger charge is -2.29. The van der Waals surface area contributed by atoms with Crippen LogP contribution in [0.4, 0.5) is 5.82 Å². The van der Waals surface area contributed by atoms with Crippen molar-refractivity contribution in [2.24, 2.45) is 0 Å². The Labute approximate surface area is 96.7 Å². The van der Waals surface area contributed by atoms with Gasteiger partial charge < -0.3 is 4.90 Å². The van der Waals surface area contributed by atoms with Gasteiger partial charge in [-0.15, -0.1) is 0 Å². The average molecular weight is 215 g/mol. The fourth-order valence-electron chi connectivity index (χ4n) is 2.51. The minimum Gasteiger partial charge on any atom is -0.351 e. The molecule has 1 saturated heterocycles. The molecule has 1 aromatic rings. The van der Waals surface area contributed by atoms with E-state index in [-0.39, 0.29) is 0 Å². The van der Waals surface area contributed by atoms with Crippen molar-refractivity contribution in [2.45, 2.75) is 45.2 Å². The third-order valence-corrected chi connectivity index (χ3v) is 3.40. The second-order valence-electron chi connectivity index (χ2n) is 4.41. The van der Waals surface area contributed by atoms with Crippen molar-refractivity contribution in [1.29, 1.82) is 5.26 Å². The lowest BCUT2D eigenvalue weighted by atomic mass is 10.1. The van der Waals surface area contributed by atoms with Crippen molar-refractivity contribution < 1.29 is 0 Å². The highest BCUT2D eigenvalue weighted by molar-refractivity contribution is 5.47. The van der Waals surface area contributed by atoms with Crippen LogP contribution in [-0.4, -0.2) is 17.1 Å². The highest BCUT2D eigenvalue weighted by Crippen LogP contribution is 2.30. The first-order valence-corrected chi connectivity index (χ1v) is 5.90. The van der Waals surface area contributed by atoms with E-state index in [1.165, 1.54) is 12.8 Å². The molecule has 1 aliphatic heterocycles. The molecule has 2 heterocycles. The third-order valence-electron chi connectivity index (χ3n) is 3.40. The third kappa shape index (κ3) is 1.88. The van der Waals surface area contributed by atoms with E-state index in [1.54, 1.807) is 12.3 Å². The Morgan fingerprint density at radius 1 is 1.56 bits per heavy atom. The molecule has 0 aliphatic carbocycles. The number of hydrogen-bond acceptors (Lipinski definition) is 3. The summed E-state index contributed by atoms with van der Waals surface area (Å²) in [5.74, 6) is 0.955. The van der Waals surface area contributed by atoms with Gasteiger partial charge in [0.25, 0.3) is 0 Å². The topological polar surface area (TPSA) is 39.9 Å². The number of hydrogen-bond donors (Lipinski definition) is 0. The Balaban J connectivity index is 2.31. The molecule has 84 valence electrons. The number of nitrogens with zero attached hydrogens (tertiary/aromatic N) is 3. The van der Waals surface area contributed by atoms with Crippen LogP contribution in [0.25, 0.3) is 0 Å². The van der Waals surface area contributed by atoms with Crippen molar-refractivity contribution in [3.05, 3.63) is 23.9 Å². The Bertz CT molecular complexity index is 408. The molecule has 0 spiro atoms. The van der Waals surface area contributed by atoms with E-state index >= 15 is 0 Å². The van der Waals surface area contributed by atoms with Gasteiger partial charge in [0.05, 0.1) is 11.6 Å². The van der Waals surface area contributed by atoms with Crippen molar-refractivity contribution in [2.75, 3.05) is 4.90 Å².